The van der Waals surface area contributed by atoms with E-state index in [-0.39, 0.29) is 23.8 Å². The summed E-state index contributed by atoms with van der Waals surface area (Å²) in [6, 6.07) is 17.8. The fourth-order valence-corrected chi connectivity index (χ4v) is 4.29. The topological polar surface area (TPSA) is 91.0 Å². The van der Waals surface area contributed by atoms with Gasteiger partial charge in [-0.05, 0) is 24.0 Å². The molecule has 172 valence electrons. The van der Waals surface area contributed by atoms with Gasteiger partial charge < -0.3 is 20.3 Å². The summed E-state index contributed by atoms with van der Waals surface area (Å²) < 4.78 is 5.65. The standard InChI is InChI=1S/C26H29N3O4/c1-2-15-27-24(30)20(17-18-10-5-3-6-11-18)28-25(31)21-14-9-16-29(21)26(32)23-22(33-23)19-12-7-4-8-13-19/h2-8,10-13,20-23H,1,9,14-17H2,(H,27,30)(H,28,31)/t20-,21-,22-,23+/m0/s1. The molecule has 2 aromatic carbocycles. The Hall–Kier alpha value is -3.45. The van der Waals surface area contributed by atoms with E-state index in [0.29, 0.717) is 25.9 Å². The normalized spacial score (nSPS) is 22.3. The van der Waals surface area contributed by atoms with Gasteiger partial charge in [0.1, 0.15) is 18.2 Å². The molecule has 2 fully saturated rings. The number of nitrogens with one attached hydrogen (secondary N) is 2. The summed E-state index contributed by atoms with van der Waals surface area (Å²) in [7, 11) is 0. The van der Waals surface area contributed by atoms with Gasteiger partial charge in [-0.1, -0.05) is 66.7 Å². The van der Waals surface area contributed by atoms with Crippen LogP contribution < -0.4 is 10.6 Å². The minimum Gasteiger partial charge on any atom is -0.354 e. The molecular formula is C26H29N3O4. The highest BCUT2D eigenvalue weighted by Crippen LogP contribution is 2.40. The molecule has 2 heterocycles. The molecule has 33 heavy (non-hydrogen) atoms. The van der Waals surface area contributed by atoms with E-state index in [9.17, 15) is 14.4 Å². The van der Waals surface area contributed by atoms with Crippen LogP contribution in [-0.4, -0.2) is 53.9 Å². The highest BCUT2D eigenvalue weighted by atomic mass is 16.6. The van der Waals surface area contributed by atoms with Crippen LogP contribution in [0.4, 0.5) is 0 Å². The van der Waals surface area contributed by atoms with Gasteiger partial charge in [-0.2, -0.15) is 0 Å². The zero-order valence-electron chi connectivity index (χ0n) is 18.5. The van der Waals surface area contributed by atoms with Crippen LogP contribution in [0, 0.1) is 0 Å². The second kappa shape index (κ2) is 10.4. The Bertz CT molecular complexity index is 995. The van der Waals surface area contributed by atoms with Crippen molar-refractivity contribution in [3.05, 3.63) is 84.4 Å². The Morgan fingerprint density at radius 2 is 1.79 bits per heavy atom. The molecule has 2 aliphatic heterocycles. The third-order valence-corrected chi connectivity index (χ3v) is 6.04. The average molecular weight is 448 g/mol. The fourth-order valence-electron chi connectivity index (χ4n) is 4.29. The molecule has 0 bridgehead atoms. The van der Waals surface area contributed by atoms with Crippen molar-refractivity contribution >= 4 is 17.7 Å². The van der Waals surface area contributed by atoms with Gasteiger partial charge in [0.15, 0.2) is 6.10 Å². The zero-order chi connectivity index (χ0) is 23.2. The zero-order valence-corrected chi connectivity index (χ0v) is 18.5. The van der Waals surface area contributed by atoms with Crippen LogP contribution in [0.15, 0.2) is 73.3 Å². The molecule has 4 rings (SSSR count). The number of nitrogens with zero attached hydrogens (tertiary/aromatic N) is 1. The molecule has 0 unspecified atom stereocenters. The number of hydrogen-bond acceptors (Lipinski definition) is 4. The number of hydrogen-bond donors (Lipinski definition) is 2. The number of rotatable bonds is 9. The summed E-state index contributed by atoms with van der Waals surface area (Å²) in [4.78, 5) is 40.6. The van der Waals surface area contributed by atoms with E-state index >= 15 is 0 Å². The molecule has 0 aromatic heterocycles. The van der Waals surface area contributed by atoms with E-state index < -0.39 is 18.2 Å². The molecule has 0 aliphatic carbocycles. The number of carbonyl (C=O) groups excluding carboxylic acids is 3. The maximum atomic E-state index is 13.2. The summed E-state index contributed by atoms with van der Waals surface area (Å²) in [5.74, 6) is -0.762. The Kier molecular flexibility index (Phi) is 7.19. The molecule has 7 nitrogen and oxygen atoms in total. The molecule has 2 aliphatic rings. The first-order valence-electron chi connectivity index (χ1n) is 11.3. The lowest BCUT2D eigenvalue weighted by molar-refractivity contribution is -0.140. The van der Waals surface area contributed by atoms with Crippen LogP contribution in [-0.2, 0) is 25.5 Å². The van der Waals surface area contributed by atoms with Crippen molar-refractivity contribution in [3.63, 3.8) is 0 Å². The highest BCUT2D eigenvalue weighted by molar-refractivity contribution is 5.94. The molecule has 2 N–H and O–H groups in total. The number of epoxide rings is 1. The third kappa shape index (κ3) is 5.49. The lowest BCUT2D eigenvalue weighted by Crippen LogP contribution is -2.54. The maximum Gasteiger partial charge on any atom is 0.255 e. The van der Waals surface area contributed by atoms with E-state index in [2.05, 4.69) is 17.2 Å². The Labute approximate surface area is 193 Å². The summed E-state index contributed by atoms with van der Waals surface area (Å²) in [5, 5.41) is 5.65. The number of ether oxygens (including phenoxy) is 1. The summed E-state index contributed by atoms with van der Waals surface area (Å²) in [6.45, 7) is 4.44. The van der Waals surface area contributed by atoms with Crippen molar-refractivity contribution in [1.82, 2.24) is 15.5 Å². The maximum absolute atomic E-state index is 13.2. The van der Waals surface area contributed by atoms with E-state index in [1.165, 1.54) is 0 Å². The van der Waals surface area contributed by atoms with E-state index in [4.69, 9.17) is 4.74 Å². The quantitative estimate of drug-likeness (QED) is 0.455. The van der Waals surface area contributed by atoms with Gasteiger partial charge in [0.2, 0.25) is 11.8 Å². The van der Waals surface area contributed by atoms with Gasteiger partial charge in [0, 0.05) is 19.5 Å². The number of carbonyl (C=O) groups is 3. The minimum atomic E-state index is -0.744. The van der Waals surface area contributed by atoms with Crippen molar-refractivity contribution in [2.45, 2.75) is 43.6 Å². The van der Waals surface area contributed by atoms with Crippen LogP contribution >= 0.6 is 0 Å². The van der Waals surface area contributed by atoms with Crippen molar-refractivity contribution in [2.24, 2.45) is 0 Å². The Balaban J connectivity index is 1.41. The monoisotopic (exact) mass is 447 g/mol. The van der Waals surface area contributed by atoms with Crippen molar-refractivity contribution in [2.75, 3.05) is 13.1 Å². The van der Waals surface area contributed by atoms with Crippen LogP contribution in [0.1, 0.15) is 30.1 Å². The Morgan fingerprint density at radius 3 is 2.48 bits per heavy atom. The second-order valence-electron chi connectivity index (χ2n) is 8.36. The smallest absolute Gasteiger partial charge is 0.255 e. The van der Waals surface area contributed by atoms with Crippen molar-refractivity contribution in [3.8, 4) is 0 Å². The average Bonchev–Trinajstić information content (AvgIpc) is 3.50. The number of amides is 3. The minimum absolute atomic E-state index is 0.169. The van der Waals surface area contributed by atoms with Gasteiger partial charge >= 0.3 is 0 Å². The fraction of sp³-hybridized carbons (Fsp3) is 0.346. The predicted octanol–water partition coefficient (Wildman–Crippen LogP) is 2.15. The van der Waals surface area contributed by atoms with Gasteiger partial charge in [-0.3, -0.25) is 14.4 Å². The van der Waals surface area contributed by atoms with E-state index in [1.54, 1.807) is 11.0 Å². The molecule has 2 aromatic rings. The molecule has 0 spiro atoms. The highest BCUT2D eigenvalue weighted by Gasteiger charge is 2.50. The van der Waals surface area contributed by atoms with Gasteiger partial charge in [0.05, 0.1) is 0 Å². The Morgan fingerprint density at radius 1 is 1.09 bits per heavy atom. The number of benzene rings is 2. The molecule has 0 saturated carbocycles. The van der Waals surface area contributed by atoms with Crippen molar-refractivity contribution < 1.29 is 19.1 Å². The lowest BCUT2D eigenvalue weighted by Gasteiger charge is -2.26. The second-order valence-corrected chi connectivity index (χ2v) is 8.36. The summed E-state index contributed by atoms with van der Waals surface area (Å²) in [6.07, 6.45) is 2.42. The van der Waals surface area contributed by atoms with Crippen molar-refractivity contribution in [1.29, 1.82) is 0 Å². The first-order valence-corrected chi connectivity index (χ1v) is 11.3. The van der Waals surface area contributed by atoms with E-state index in [0.717, 1.165) is 17.5 Å². The summed E-state index contributed by atoms with van der Waals surface area (Å²) >= 11 is 0. The van der Waals surface area contributed by atoms with Crippen LogP contribution in [0.3, 0.4) is 0 Å². The molecule has 4 atom stereocenters. The van der Waals surface area contributed by atoms with Crippen LogP contribution in [0.5, 0.6) is 0 Å². The molecule has 7 heteroatoms. The van der Waals surface area contributed by atoms with Gasteiger partial charge in [0.25, 0.3) is 5.91 Å². The first-order chi connectivity index (χ1) is 16.1. The van der Waals surface area contributed by atoms with E-state index in [1.807, 2.05) is 60.7 Å². The van der Waals surface area contributed by atoms with Gasteiger partial charge in [-0.15, -0.1) is 6.58 Å². The predicted molar refractivity (Wildman–Crippen MR) is 124 cm³/mol. The summed E-state index contributed by atoms with van der Waals surface area (Å²) in [5.41, 5.74) is 1.89. The first kappa shape index (κ1) is 22.7. The number of likely N-dealkylation sites (tertiary alicyclic amines) is 1. The molecule has 3 amide bonds. The third-order valence-electron chi connectivity index (χ3n) is 6.04. The molecule has 0 radical (unpaired) electrons. The molecular weight excluding hydrogens is 418 g/mol. The van der Waals surface area contributed by atoms with Crippen LogP contribution in [0.2, 0.25) is 0 Å². The lowest BCUT2D eigenvalue weighted by atomic mass is 10.0. The molecule has 2 saturated heterocycles. The van der Waals surface area contributed by atoms with Crippen LogP contribution in [0.25, 0.3) is 0 Å². The SMILES string of the molecule is C=CCNC(=O)[C@H](Cc1ccccc1)NC(=O)[C@@H]1CCCN1C(=O)[C@@H]1O[C@H]1c1ccccc1. The van der Waals surface area contributed by atoms with Gasteiger partial charge in [-0.25, -0.2) is 0 Å². The largest absolute Gasteiger partial charge is 0.354 e.